The van der Waals surface area contributed by atoms with Gasteiger partial charge in [-0.1, -0.05) is 30.3 Å². The second-order valence-corrected chi connectivity index (χ2v) is 7.43. The molecule has 0 unspecified atom stereocenters. The number of hydrazone groups is 1. The number of aromatic amines is 1. The molecule has 0 saturated carbocycles. The van der Waals surface area contributed by atoms with Crippen LogP contribution in [-0.4, -0.2) is 48.4 Å². The number of carbonyl (C=O) groups is 1. The molecule has 0 aliphatic heterocycles. The van der Waals surface area contributed by atoms with E-state index in [0.717, 1.165) is 22.3 Å². The van der Waals surface area contributed by atoms with E-state index >= 15 is 0 Å². The Morgan fingerprint density at radius 3 is 2.71 bits per heavy atom. The lowest BCUT2D eigenvalue weighted by atomic mass is 10.1. The normalized spacial score (nSPS) is 11.2. The predicted octanol–water partition coefficient (Wildman–Crippen LogP) is 2.96. The zero-order valence-corrected chi connectivity index (χ0v) is 18.1. The van der Waals surface area contributed by atoms with Gasteiger partial charge < -0.3 is 10.3 Å². The van der Waals surface area contributed by atoms with Gasteiger partial charge in [-0.05, 0) is 29.8 Å². The number of nitrogens with one attached hydrogen (secondary N) is 3. The van der Waals surface area contributed by atoms with Crippen LogP contribution in [0.25, 0.3) is 16.7 Å². The van der Waals surface area contributed by atoms with Crippen LogP contribution in [0, 0.1) is 0 Å². The highest BCUT2D eigenvalue weighted by Gasteiger charge is 2.10. The molecular weight excluding hydrogens is 430 g/mol. The summed E-state index contributed by atoms with van der Waals surface area (Å²) in [6.07, 6.45) is 8.91. The smallest absolute Gasteiger partial charge is 0.251 e. The Morgan fingerprint density at radius 2 is 1.91 bits per heavy atom. The van der Waals surface area contributed by atoms with Crippen LogP contribution in [0.3, 0.4) is 0 Å². The molecule has 5 rings (SSSR count). The molecule has 5 aromatic rings. The van der Waals surface area contributed by atoms with Crippen molar-refractivity contribution in [2.24, 2.45) is 5.10 Å². The molecule has 3 N–H and O–H groups in total. The van der Waals surface area contributed by atoms with Crippen LogP contribution in [0.5, 0.6) is 0 Å². The second-order valence-electron chi connectivity index (χ2n) is 7.43. The first-order valence-electron chi connectivity index (χ1n) is 10.7. The van der Waals surface area contributed by atoms with Gasteiger partial charge in [0.25, 0.3) is 5.91 Å². The highest BCUT2D eigenvalue weighted by molar-refractivity contribution is 5.95. The first-order valence-corrected chi connectivity index (χ1v) is 10.7. The van der Waals surface area contributed by atoms with Crippen LogP contribution in [0.4, 0.5) is 5.82 Å². The average molecular weight is 451 g/mol. The Morgan fingerprint density at radius 1 is 1.06 bits per heavy atom. The molecule has 168 valence electrons. The quantitative estimate of drug-likeness (QED) is 0.246. The molecule has 10 heteroatoms. The fraction of sp³-hybridized carbons (Fsp3) is 0.0833. The molecule has 0 radical (unpaired) electrons. The Balaban J connectivity index is 1.21. The number of fused-ring (bicyclic) bond motifs is 1. The van der Waals surface area contributed by atoms with Crippen molar-refractivity contribution in [3.05, 3.63) is 96.5 Å². The van der Waals surface area contributed by atoms with Crippen LogP contribution in [-0.2, 0) is 6.42 Å². The summed E-state index contributed by atoms with van der Waals surface area (Å²) in [5.41, 5.74) is 6.96. The van der Waals surface area contributed by atoms with E-state index in [1.165, 1.54) is 6.33 Å². The van der Waals surface area contributed by atoms with Crippen LogP contribution >= 0.6 is 0 Å². The maximum absolute atomic E-state index is 12.3. The standard InChI is InChI=1S/C24H21N9O/c34-24(26-11-10-19-13-25-15-27-19)18-8-6-17(7-9-18)12-30-32-22-21-14-31-33(23(21)29-16-28-22)20-4-2-1-3-5-20/h1-9,12-16H,10-11H2,(H,25,27)(H,26,34)(H,28,29,32)/b30-12+. The van der Waals surface area contributed by atoms with E-state index in [1.54, 1.807) is 41.8 Å². The van der Waals surface area contributed by atoms with Gasteiger partial charge in [-0.2, -0.15) is 10.2 Å². The Labute approximate surface area is 194 Å². The molecule has 0 aliphatic rings. The summed E-state index contributed by atoms with van der Waals surface area (Å²) in [4.78, 5) is 27.9. The number of para-hydroxylation sites is 1. The number of anilines is 1. The molecule has 0 saturated heterocycles. The van der Waals surface area contributed by atoms with Crippen molar-refractivity contribution in [1.82, 2.24) is 35.0 Å². The largest absolute Gasteiger partial charge is 0.352 e. The van der Waals surface area contributed by atoms with Gasteiger partial charge in [0, 0.05) is 30.4 Å². The maximum atomic E-state index is 12.3. The van der Waals surface area contributed by atoms with Crippen LogP contribution in [0.1, 0.15) is 21.6 Å². The molecule has 0 fully saturated rings. The van der Waals surface area contributed by atoms with E-state index in [4.69, 9.17) is 0 Å². The summed E-state index contributed by atoms with van der Waals surface area (Å²) in [5, 5.41) is 12.4. The van der Waals surface area contributed by atoms with E-state index < -0.39 is 0 Å². The van der Waals surface area contributed by atoms with Crippen molar-refractivity contribution in [1.29, 1.82) is 0 Å². The lowest BCUT2D eigenvalue weighted by Gasteiger charge is -2.05. The first-order chi connectivity index (χ1) is 16.8. The van der Waals surface area contributed by atoms with Crippen molar-refractivity contribution < 1.29 is 4.79 Å². The van der Waals surface area contributed by atoms with Crippen molar-refractivity contribution in [2.45, 2.75) is 6.42 Å². The number of carbonyl (C=O) groups excluding carboxylic acids is 1. The molecule has 0 aliphatic carbocycles. The number of rotatable bonds is 8. The summed E-state index contributed by atoms with van der Waals surface area (Å²) >= 11 is 0. The number of nitrogens with zero attached hydrogens (tertiary/aromatic N) is 6. The Bertz CT molecular complexity index is 1410. The number of hydrogen-bond donors (Lipinski definition) is 3. The van der Waals surface area contributed by atoms with E-state index in [2.05, 4.69) is 40.9 Å². The number of aromatic nitrogens is 6. The minimum atomic E-state index is -0.125. The molecule has 3 aromatic heterocycles. The zero-order valence-electron chi connectivity index (χ0n) is 18.1. The molecule has 2 aromatic carbocycles. The number of amides is 1. The molecule has 3 heterocycles. The molecule has 1 amide bonds. The number of benzene rings is 2. The van der Waals surface area contributed by atoms with Crippen LogP contribution < -0.4 is 10.7 Å². The minimum Gasteiger partial charge on any atom is -0.352 e. The third-order valence-corrected chi connectivity index (χ3v) is 5.16. The molecule has 34 heavy (non-hydrogen) atoms. The lowest BCUT2D eigenvalue weighted by Crippen LogP contribution is -2.25. The molecular formula is C24H21N9O. The SMILES string of the molecule is O=C(NCCc1cnc[nH]1)c1ccc(/C=N/Nc2ncnc3c2cnn3-c2ccccc2)cc1. The maximum Gasteiger partial charge on any atom is 0.251 e. The average Bonchev–Trinajstić information content (AvgIpc) is 3.55. The van der Waals surface area contributed by atoms with Gasteiger partial charge in [-0.25, -0.2) is 19.6 Å². The van der Waals surface area contributed by atoms with E-state index in [1.807, 2.05) is 42.5 Å². The van der Waals surface area contributed by atoms with Gasteiger partial charge in [0.1, 0.15) is 6.33 Å². The van der Waals surface area contributed by atoms with E-state index in [0.29, 0.717) is 30.0 Å². The second kappa shape index (κ2) is 9.74. The highest BCUT2D eigenvalue weighted by Crippen LogP contribution is 2.21. The fourth-order valence-electron chi connectivity index (χ4n) is 3.41. The molecule has 0 atom stereocenters. The number of imidazole rings is 1. The van der Waals surface area contributed by atoms with Crippen LogP contribution in [0.15, 0.2) is 84.7 Å². The summed E-state index contributed by atoms with van der Waals surface area (Å²) in [7, 11) is 0. The summed E-state index contributed by atoms with van der Waals surface area (Å²) in [6.45, 7) is 0.530. The van der Waals surface area contributed by atoms with E-state index in [-0.39, 0.29) is 5.91 Å². The monoisotopic (exact) mass is 451 g/mol. The van der Waals surface area contributed by atoms with Gasteiger partial charge in [0.15, 0.2) is 11.5 Å². The third kappa shape index (κ3) is 4.65. The molecule has 10 nitrogen and oxygen atoms in total. The van der Waals surface area contributed by atoms with Crippen molar-refractivity contribution >= 4 is 29.0 Å². The minimum absolute atomic E-state index is 0.125. The zero-order chi connectivity index (χ0) is 23.2. The van der Waals surface area contributed by atoms with E-state index in [9.17, 15) is 4.79 Å². The summed E-state index contributed by atoms with van der Waals surface area (Å²) in [5.74, 6) is 0.427. The fourth-order valence-corrected chi connectivity index (χ4v) is 3.41. The third-order valence-electron chi connectivity index (χ3n) is 5.16. The Hall–Kier alpha value is -4.86. The predicted molar refractivity (Wildman–Crippen MR) is 129 cm³/mol. The summed E-state index contributed by atoms with van der Waals surface area (Å²) < 4.78 is 1.75. The van der Waals surface area contributed by atoms with Crippen molar-refractivity contribution in [3.8, 4) is 5.69 Å². The molecule has 0 bridgehead atoms. The van der Waals surface area contributed by atoms with Gasteiger partial charge in [0.05, 0.1) is 29.8 Å². The van der Waals surface area contributed by atoms with Gasteiger partial charge in [0.2, 0.25) is 0 Å². The topological polar surface area (TPSA) is 126 Å². The summed E-state index contributed by atoms with van der Waals surface area (Å²) in [6, 6.07) is 17.0. The van der Waals surface area contributed by atoms with Gasteiger partial charge >= 0.3 is 0 Å². The lowest BCUT2D eigenvalue weighted by molar-refractivity contribution is 0.0954. The number of H-pyrrole nitrogens is 1. The van der Waals surface area contributed by atoms with Crippen molar-refractivity contribution in [3.63, 3.8) is 0 Å². The van der Waals surface area contributed by atoms with Crippen LogP contribution in [0.2, 0.25) is 0 Å². The highest BCUT2D eigenvalue weighted by atomic mass is 16.1. The van der Waals surface area contributed by atoms with Gasteiger partial charge in [-0.15, -0.1) is 0 Å². The van der Waals surface area contributed by atoms with Gasteiger partial charge in [-0.3, -0.25) is 10.2 Å². The first kappa shape index (κ1) is 21.0. The van der Waals surface area contributed by atoms with Crippen molar-refractivity contribution in [2.75, 3.05) is 12.0 Å². The Kier molecular flexibility index (Phi) is 6.02. The number of hydrogen-bond acceptors (Lipinski definition) is 7. The molecule has 0 spiro atoms.